The van der Waals surface area contributed by atoms with E-state index in [1.165, 1.54) is 39.3 Å². The monoisotopic (exact) mass is 227 g/mol. The number of rotatable bonds is 6. The van der Waals surface area contributed by atoms with Crippen molar-refractivity contribution in [1.29, 1.82) is 0 Å². The van der Waals surface area contributed by atoms with E-state index in [2.05, 4.69) is 42.8 Å². The van der Waals surface area contributed by atoms with Gasteiger partial charge >= 0.3 is 0 Å². The van der Waals surface area contributed by atoms with Gasteiger partial charge in [0.25, 0.3) is 0 Å². The third-order valence-corrected chi connectivity index (χ3v) is 3.41. The summed E-state index contributed by atoms with van der Waals surface area (Å²) in [6.45, 7) is 18.8. The van der Waals surface area contributed by atoms with Gasteiger partial charge in [-0.3, -0.25) is 0 Å². The fourth-order valence-electron chi connectivity index (χ4n) is 2.58. The summed E-state index contributed by atoms with van der Waals surface area (Å²) in [5.74, 6) is 0. The van der Waals surface area contributed by atoms with Crippen molar-refractivity contribution < 1.29 is 0 Å². The van der Waals surface area contributed by atoms with Gasteiger partial charge in [0.15, 0.2) is 0 Å². The summed E-state index contributed by atoms with van der Waals surface area (Å²) in [7, 11) is 0. The molecule has 0 amide bonds. The van der Waals surface area contributed by atoms with Crippen molar-refractivity contribution in [3.05, 3.63) is 0 Å². The zero-order chi connectivity index (χ0) is 12.0. The molecule has 0 aromatic carbocycles. The minimum absolute atomic E-state index is 0.406. The van der Waals surface area contributed by atoms with Crippen molar-refractivity contribution in [1.82, 2.24) is 15.1 Å². The van der Waals surface area contributed by atoms with E-state index in [1.807, 2.05) is 0 Å². The Balaban J connectivity index is 2.36. The van der Waals surface area contributed by atoms with Crippen LogP contribution in [0.2, 0.25) is 0 Å². The molecule has 0 aromatic heterocycles. The van der Waals surface area contributed by atoms with E-state index in [4.69, 9.17) is 0 Å². The Bertz CT molecular complexity index is 182. The SMILES string of the molecule is CCN(CC)CC(C)(C)CN1CCNCC1. The Kier molecular flexibility index (Phi) is 5.73. The van der Waals surface area contributed by atoms with Crippen LogP contribution < -0.4 is 5.32 Å². The first kappa shape index (κ1) is 13.9. The molecule has 1 fully saturated rings. The summed E-state index contributed by atoms with van der Waals surface area (Å²) in [6.07, 6.45) is 0. The highest BCUT2D eigenvalue weighted by Gasteiger charge is 2.24. The molecule has 0 bridgehead atoms. The van der Waals surface area contributed by atoms with E-state index >= 15 is 0 Å². The lowest BCUT2D eigenvalue weighted by atomic mass is 9.91. The number of hydrogen-bond acceptors (Lipinski definition) is 3. The van der Waals surface area contributed by atoms with E-state index in [-0.39, 0.29) is 0 Å². The smallest absolute Gasteiger partial charge is 0.0108 e. The fraction of sp³-hybridized carbons (Fsp3) is 1.00. The van der Waals surface area contributed by atoms with Crippen molar-refractivity contribution in [2.75, 3.05) is 52.4 Å². The average Bonchev–Trinajstić information content (AvgIpc) is 2.26. The Morgan fingerprint density at radius 2 is 1.69 bits per heavy atom. The first-order chi connectivity index (χ1) is 7.57. The van der Waals surface area contributed by atoms with E-state index in [9.17, 15) is 0 Å². The van der Waals surface area contributed by atoms with Crippen LogP contribution in [-0.4, -0.2) is 62.2 Å². The lowest BCUT2D eigenvalue weighted by molar-refractivity contribution is 0.117. The normalized spacial score (nSPS) is 19.3. The highest BCUT2D eigenvalue weighted by atomic mass is 15.2. The molecule has 0 aliphatic carbocycles. The molecule has 1 rings (SSSR count). The maximum atomic E-state index is 3.41. The molecule has 0 spiro atoms. The standard InChI is InChI=1S/C13H29N3/c1-5-15(6-2)11-13(3,4)12-16-9-7-14-8-10-16/h14H,5-12H2,1-4H3. The third-order valence-electron chi connectivity index (χ3n) is 3.41. The van der Waals surface area contributed by atoms with E-state index in [0.717, 1.165) is 13.1 Å². The second kappa shape index (κ2) is 6.58. The van der Waals surface area contributed by atoms with Crippen molar-refractivity contribution in [3.63, 3.8) is 0 Å². The molecule has 1 aliphatic heterocycles. The Morgan fingerprint density at radius 1 is 1.12 bits per heavy atom. The predicted molar refractivity (Wildman–Crippen MR) is 70.9 cm³/mol. The first-order valence-electron chi connectivity index (χ1n) is 6.73. The third kappa shape index (κ3) is 4.81. The summed E-state index contributed by atoms with van der Waals surface area (Å²) in [6, 6.07) is 0. The molecule has 1 saturated heterocycles. The van der Waals surface area contributed by atoms with Crippen LogP contribution in [0.1, 0.15) is 27.7 Å². The molecule has 96 valence electrons. The van der Waals surface area contributed by atoms with Crippen molar-refractivity contribution in [2.45, 2.75) is 27.7 Å². The van der Waals surface area contributed by atoms with E-state index in [1.54, 1.807) is 0 Å². The van der Waals surface area contributed by atoms with Gasteiger partial charge in [-0.1, -0.05) is 27.7 Å². The minimum atomic E-state index is 0.406. The van der Waals surface area contributed by atoms with Gasteiger partial charge in [-0.15, -0.1) is 0 Å². The molecule has 1 heterocycles. The lowest BCUT2D eigenvalue weighted by Gasteiger charge is -2.37. The largest absolute Gasteiger partial charge is 0.314 e. The summed E-state index contributed by atoms with van der Waals surface area (Å²) >= 11 is 0. The van der Waals surface area contributed by atoms with Gasteiger partial charge in [0.05, 0.1) is 0 Å². The van der Waals surface area contributed by atoms with Gasteiger partial charge in [-0.2, -0.15) is 0 Å². The minimum Gasteiger partial charge on any atom is -0.314 e. The second-order valence-corrected chi connectivity index (χ2v) is 5.65. The highest BCUT2D eigenvalue weighted by molar-refractivity contribution is 4.79. The van der Waals surface area contributed by atoms with Crippen molar-refractivity contribution in [2.24, 2.45) is 5.41 Å². The first-order valence-corrected chi connectivity index (χ1v) is 6.73. The van der Waals surface area contributed by atoms with Crippen LogP contribution in [0.25, 0.3) is 0 Å². The van der Waals surface area contributed by atoms with Gasteiger partial charge < -0.3 is 15.1 Å². The maximum absolute atomic E-state index is 3.41. The van der Waals surface area contributed by atoms with E-state index in [0.29, 0.717) is 5.41 Å². The number of nitrogens with one attached hydrogen (secondary N) is 1. The molecule has 0 radical (unpaired) electrons. The van der Waals surface area contributed by atoms with Crippen molar-refractivity contribution >= 4 is 0 Å². The zero-order valence-electron chi connectivity index (χ0n) is 11.6. The summed E-state index contributed by atoms with van der Waals surface area (Å²) in [5.41, 5.74) is 0.406. The topological polar surface area (TPSA) is 18.5 Å². The molecule has 1 N–H and O–H groups in total. The Hall–Kier alpha value is -0.120. The van der Waals surface area contributed by atoms with Gasteiger partial charge in [0, 0.05) is 39.3 Å². The molecule has 1 aliphatic rings. The molecule has 0 saturated carbocycles. The molecular formula is C13H29N3. The van der Waals surface area contributed by atoms with Crippen LogP contribution in [0, 0.1) is 5.41 Å². The Morgan fingerprint density at radius 3 is 2.19 bits per heavy atom. The molecule has 0 aromatic rings. The van der Waals surface area contributed by atoms with Crippen LogP contribution in [0.4, 0.5) is 0 Å². The lowest BCUT2D eigenvalue weighted by Crippen LogP contribution is -2.49. The van der Waals surface area contributed by atoms with Crippen LogP contribution in [0.3, 0.4) is 0 Å². The number of nitrogens with zero attached hydrogens (tertiary/aromatic N) is 2. The van der Waals surface area contributed by atoms with Gasteiger partial charge in [0.1, 0.15) is 0 Å². The fourth-order valence-corrected chi connectivity index (χ4v) is 2.58. The molecular weight excluding hydrogens is 198 g/mol. The summed E-state index contributed by atoms with van der Waals surface area (Å²) in [5, 5.41) is 3.41. The zero-order valence-corrected chi connectivity index (χ0v) is 11.6. The molecule has 0 atom stereocenters. The average molecular weight is 227 g/mol. The highest BCUT2D eigenvalue weighted by Crippen LogP contribution is 2.19. The predicted octanol–water partition coefficient (Wildman–Crippen LogP) is 1.26. The quantitative estimate of drug-likeness (QED) is 0.737. The van der Waals surface area contributed by atoms with Gasteiger partial charge in [0.2, 0.25) is 0 Å². The number of hydrogen-bond donors (Lipinski definition) is 1. The van der Waals surface area contributed by atoms with Gasteiger partial charge in [-0.05, 0) is 18.5 Å². The van der Waals surface area contributed by atoms with Crippen LogP contribution in [0.5, 0.6) is 0 Å². The van der Waals surface area contributed by atoms with Crippen LogP contribution in [0.15, 0.2) is 0 Å². The van der Waals surface area contributed by atoms with Crippen LogP contribution >= 0.6 is 0 Å². The van der Waals surface area contributed by atoms with Crippen LogP contribution in [-0.2, 0) is 0 Å². The number of piperazine rings is 1. The summed E-state index contributed by atoms with van der Waals surface area (Å²) < 4.78 is 0. The molecule has 16 heavy (non-hydrogen) atoms. The Labute approximate surface area is 101 Å². The van der Waals surface area contributed by atoms with E-state index < -0.39 is 0 Å². The second-order valence-electron chi connectivity index (χ2n) is 5.65. The van der Waals surface area contributed by atoms with Gasteiger partial charge in [-0.25, -0.2) is 0 Å². The molecule has 3 heteroatoms. The van der Waals surface area contributed by atoms with Crippen molar-refractivity contribution in [3.8, 4) is 0 Å². The summed E-state index contributed by atoms with van der Waals surface area (Å²) in [4.78, 5) is 5.13. The maximum Gasteiger partial charge on any atom is 0.0108 e. The molecule has 0 unspecified atom stereocenters. The molecule has 3 nitrogen and oxygen atoms in total.